The molecule has 0 radical (unpaired) electrons. The van der Waals surface area contributed by atoms with Crippen molar-refractivity contribution in [3.05, 3.63) is 23.8 Å². The Labute approximate surface area is 109 Å². The first-order valence-corrected chi connectivity index (χ1v) is 6.73. The van der Waals surface area contributed by atoms with Gasteiger partial charge in [-0.1, -0.05) is 0 Å². The van der Waals surface area contributed by atoms with Crippen LogP contribution in [0.4, 0.5) is 0 Å². The molecule has 0 aromatic heterocycles. The molecule has 0 unspecified atom stereocenters. The van der Waals surface area contributed by atoms with E-state index < -0.39 is 27.8 Å². The molecule has 0 fully saturated rings. The van der Waals surface area contributed by atoms with Crippen molar-refractivity contribution >= 4 is 22.1 Å². The van der Waals surface area contributed by atoms with Crippen LogP contribution in [0.25, 0.3) is 0 Å². The van der Waals surface area contributed by atoms with Gasteiger partial charge in [-0.15, -0.1) is 0 Å². The Morgan fingerprint density at radius 1 is 1.16 bits per heavy atom. The zero-order chi connectivity index (χ0) is 14.6. The van der Waals surface area contributed by atoms with Crippen LogP contribution in [0.2, 0.25) is 0 Å². The van der Waals surface area contributed by atoms with Crippen LogP contribution in [0.5, 0.6) is 11.5 Å². The number of carbonyl (C=O) groups excluding carboxylic acids is 2. The van der Waals surface area contributed by atoms with Gasteiger partial charge < -0.3 is 9.47 Å². The first-order valence-electron chi connectivity index (χ1n) is 5.12. The predicted molar refractivity (Wildman–Crippen MR) is 64.3 cm³/mol. The molecule has 8 heteroatoms. The fourth-order valence-electron chi connectivity index (χ4n) is 1.35. The van der Waals surface area contributed by atoms with Crippen molar-refractivity contribution in [2.75, 3.05) is 0 Å². The molecule has 0 amide bonds. The third-order valence-corrected chi connectivity index (χ3v) is 2.56. The van der Waals surface area contributed by atoms with Gasteiger partial charge in [0.2, 0.25) is 0 Å². The number of esters is 2. The monoisotopic (exact) mass is 288 g/mol. The minimum Gasteiger partial charge on any atom is -0.427 e. The summed E-state index contributed by atoms with van der Waals surface area (Å²) in [5.74, 6) is -1.93. The Morgan fingerprint density at radius 3 is 2.21 bits per heavy atom. The molecule has 7 nitrogen and oxygen atoms in total. The van der Waals surface area contributed by atoms with Gasteiger partial charge >= 0.3 is 11.9 Å². The van der Waals surface area contributed by atoms with Gasteiger partial charge in [0.15, 0.2) is 0 Å². The predicted octanol–water partition coefficient (Wildman–Crippen LogP) is 0.925. The minimum absolute atomic E-state index is 0.0106. The summed E-state index contributed by atoms with van der Waals surface area (Å²) in [6.07, 6.45) is 0. The van der Waals surface area contributed by atoms with Gasteiger partial charge in [-0.25, -0.2) is 0 Å². The Morgan fingerprint density at radius 2 is 1.74 bits per heavy atom. The Hall–Kier alpha value is -1.93. The van der Waals surface area contributed by atoms with E-state index in [1.54, 1.807) is 0 Å². The molecule has 1 N–H and O–H groups in total. The van der Waals surface area contributed by atoms with Crippen molar-refractivity contribution < 1.29 is 32.0 Å². The van der Waals surface area contributed by atoms with Gasteiger partial charge in [0.1, 0.15) is 17.3 Å². The summed E-state index contributed by atoms with van der Waals surface area (Å²) in [6, 6.07) is 3.82. The third kappa shape index (κ3) is 5.49. The van der Waals surface area contributed by atoms with Crippen LogP contribution >= 0.6 is 0 Å². The van der Waals surface area contributed by atoms with Gasteiger partial charge in [0, 0.05) is 19.4 Å². The van der Waals surface area contributed by atoms with E-state index in [9.17, 15) is 18.0 Å². The molecule has 0 atom stereocenters. The van der Waals surface area contributed by atoms with E-state index in [0.29, 0.717) is 0 Å². The molecule has 0 bridgehead atoms. The summed E-state index contributed by atoms with van der Waals surface area (Å²) in [6.45, 7) is 2.33. The van der Waals surface area contributed by atoms with Gasteiger partial charge in [-0.05, 0) is 18.2 Å². The molecule has 1 aromatic carbocycles. The van der Waals surface area contributed by atoms with Crippen LogP contribution in [0.15, 0.2) is 18.2 Å². The Bertz CT molecular complexity index is 603. The first kappa shape index (κ1) is 15.1. The smallest absolute Gasteiger partial charge is 0.308 e. The van der Waals surface area contributed by atoms with Crippen molar-refractivity contribution in [1.82, 2.24) is 0 Å². The Balaban J connectivity index is 3.17. The van der Waals surface area contributed by atoms with E-state index in [4.69, 9.17) is 14.0 Å². The average Bonchev–Trinajstić information content (AvgIpc) is 2.18. The molecule has 0 heterocycles. The largest absolute Gasteiger partial charge is 0.427 e. The van der Waals surface area contributed by atoms with Gasteiger partial charge in [-0.3, -0.25) is 14.1 Å². The summed E-state index contributed by atoms with van der Waals surface area (Å²) < 4.78 is 40.2. The quantitative estimate of drug-likeness (QED) is 0.498. The Kier molecular flexibility index (Phi) is 4.62. The molecule has 0 saturated heterocycles. The number of ether oxygens (including phenoxy) is 2. The lowest BCUT2D eigenvalue weighted by Crippen LogP contribution is -2.09. The molecule has 0 aliphatic heterocycles. The summed E-state index contributed by atoms with van der Waals surface area (Å²) in [5.41, 5.74) is 0.0106. The fourth-order valence-corrected chi connectivity index (χ4v) is 1.97. The summed E-state index contributed by atoms with van der Waals surface area (Å²) in [7, 11) is -4.31. The van der Waals surface area contributed by atoms with Crippen LogP contribution < -0.4 is 9.47 Å². The molecule has 104 valence electrons. The summed E-state index contributed by atoms with van der Waals surface area (Å²) in [4.78, 5) is 21.7. The molecule has 0 saturated carbocycles. The molecule has 0 aliphatic carbocycles. The second-order valence-electron chi connectivity index (χ2n) is 3.68. The van der Waals surface area contributed by atoms with E-state index in [0.717, 1.165) is 6.92 Å². The topological polar surface area (TPSA) is 107 Å². The molecular formula is C11H12O7S. The standard InChI is InChI=1S/C11H12O7S/c1-7(12)17-10-3-4-11(18-8(2)13)9(5-10)6-19(14,15)16/h3-5H,6H2,1-2H3,(H,14,15,16). The van der Waals surface area contributed by atoms with Crippen molar-refractivity contribution in [3.63, 3.8) is 0 Å². The highest BCUT2D eigenvalue weighted by molar-refractivity contribution is 7.85. The molecule has 19 heavy (non-hydrogen) atoms. The highest BCUT2D eigenvalue weighted by atomic mass is 32.2. The van der Waals surface area contributed by atoms with E-state index >= 15 is 0 Å². The maximum absolute atomic E-state index is 10.9. The minimum atomic E-state index is -4.31. The third-order valence-electron chi connectivity index (χ3n) is 1.89. The van der Waals surface area contributed by atoms with Crippen LogP contribution in [0.1, 0.15) is 19.4 Å². The summed E-state index contributed by atoms with van der Waals surface area (Å²) >= 11 is 0. The average molecular weight is 288 g/mol. The lowest BCUT2D eigenvalue weighted by atomic mass is 10.2. The molecular weight excluding hydrogens is 276 g/mol. The molecule has 0 spiro atoms. The highest BCUT2D eigenvalue weighted by Gasteiger charge is 2.15. The maximum atomic E-state index is 10.9. The van der Waals surface area contributed by atoms with E-state index in [-0.39, 0.29) is 17.1 Å². The van der Waals surface area contributed by atoms with Crippen molar-refractivity contribution in [2.45, 2.75) is 19.6 Å². The number of hydrogen-bond donors (Lipinski definition) is 1. The van der Waals surface area contributed by atoms with E-state index in [1.165, 1.54) is 25.1 Å². The van der Waals surface area contributed by atoms with Crippen molar-refractivity contribution in [1.29, 1.82) is 0 Å². The first-order chi connectivity index (χ1) is 8.67. The van der Waals surface area contributed by atoms with Crippen molar-refractivity contribution in [2.24, 2.45) is 0 Å². The van der Waals surface area contributed by atoms with Gasteiger partial charge in [0.25, 0.3) is 10.1 Å². The molecule has 1 aromatic rings. The number of benzene rings is 1. The normalized spacial score (nSPS) is 10.9. The van der Waals surface area contributed by atoms with Gasteiger partial charge in [-0.2, -0.15) is 8.42 Å². The van der Waals surface area contributed by atoms with E-state index in [2.05, 4.69) is 0 Å². The van der Waals surface area contributed by atoms with Crippen LogP contribution in [-0.2, 0) is 25.5 Å². The zero-order valence-electron chi connectivity index (χ0n) is 10.2. The lowest BCUT2D eigenvalue weighted by Gasteiger charge is -2.09. The van der Waals surface area contributed by atoms with Crippen LogP contribution in [0, 0.1) is 0 Å². The molecule has 1 rings (SSSR count). The zero-order valence-corrected chi connectivity index (χ0v) is 11.1. The highest BCUT2D eigenvalue weighted by Crippen LogP contribution is 2.26. The number of rotatable bonds is 4. The van der Waals surface area contributed by atoms with E-state index in [1.807, 2.05) is 0 Å². The maximum Gasteiger partial charge on any atom is 0.308 e. The van der Waals surface area contributed by atoms with Crippen LogP contribution in [-0.4, -0.2) is 24.9 Å². The van der Waals surface area contributed by atoms with Gasteiger partial charge in [0.05, 0.1) is 0 Å². The SMILES string of the molecule is CC(=O)Oc1ccc(OC(C)=O)c(CS(=O)(=O)O)c1. The fraction of sp³-hybridized carbons (Fsp3) is 0.273. The van der Waals surface area contributed by atoms with Crippen LogP contribution in [0.3, 0.4) is 0 Å². The number of hydrogen-bond acceptors (Lipinski definition) is 6. The second-order valence-corrected chi connectivity index (χ2v) is 5.14. The number of carbonyl (C=O) groups is 2. The lowest BCUT2D eigenvalue weighted by molar-refractivity contribution is -0.133. The van der Waals surface area contributed by atoms with Crippen molar-refractivity contribution in [3.8, 4) is 11.5 Å². The second kappa shape index (κ2) is 5.81. The summed E-state index contributed by atoms with van der Waals surface area (Å²) in [5, 5.41) is 0. The molecule has 0 aliphatic rings.